The molecule has 3 aromatic rings. The summed E-state index contributed by atoms with van der Waals surface area (Å²) in [6.45, 7) is 0.483. The highest BCUT2D eigenvalue weighted by Gasteiger charge is 2.09. The Morgan fingerprint density at radius 3 is 2.57 bits per heavy atom. The van der Waals surface area contributed by atoms with Crippen molar-refractivity contribution < 1.29 is 14.0 Å². The third kappa shape index (κ3) is 5.21. The average molecular weight is 420 g/mol. The first kappa shape index (κ1) is 19.7. The molecule has 0 aliphatic heterocycles. The molecular formula is C18H15Cl2N5O3. The first-order valence-electron chi connectivity index (χ1n) is 8.17. The molecule has 0 radical (unpaired) electrons. The maximum atomic E-state index is 12.0. The molecule has 0 atom stereocenters. The van der Waals surface area contributed by atoms with Crippen molar-refractivity contribution in [3.8, 4) is 11.5 Å². The molecule has 2 aromatic carbocycles. The molecule has 0 saturated heterocycles. The molecule has 0 aliphatic carbocycles. The Labute approximate surface area is 170 Å². The van der Waals surface area contributed by atoms with E-state index < -0.39 is 6.03 Å². The summed E-state index contributed by atoms with van der Waals surface area (Å²) in [5.41, 5.74) is 1.63. The Kier molecular flexibility index (Phi) is 6.46. The van der Waals surface area contributed by atoms with Crippen molar-refractivity contribution in [1.29, 1.82) is 0 Å². The van der Waals surface area contributed by atoms with Crippen molar-refractivity contribution >= 4 is 40.8 Å². The van der Waals surface area contributed by atoms with Gasteiger partial charge in [0, 0.05) is 29.9 Å². The zero-order valence-electron chi connectivity index (χ0n) is 14.4. The van der Waals surface area contributed by atoms with Crippen LogP contribution in [0.4, 0.5) is 10.5 Å². The average Bonchev–Trinajstić information content (AvgIpc) is 3.22. The van der Waals surface area contributed by atoms with Crippen LogP contribution in [0.1, 0.15) is 10.4 Å². The number of urea groups is 1. The Morgan fingerprint density at radius 1 is 1.00 bits per heavy atom. The van der Waals surface area contributed by atoms with Crippen LogP contribution < -0.4 is 16.0 Å². The fraction of sp³-hybridized carbons (Fsp3) is 0.111. The summed E-state index contributed by atoms with van der Waals surface area (Å²) in [6.07, 6.45) is 1.23. The van der Waals surface area contributed by atoms with Gasteiger partial charge in [-0.1, -0.05) is 29.3 Å². The number of anilines is 1. The largest absolute Gasteiger partial charge is 0.423 e. The Bertz CT molecular complexity index is 979. The van der Waals surface area contributed by atoms with Gasteiger partial charge in [0.15, 0.2) is 0 Å². The molecule has 28 heavy (non-hydrogen) atoms. The van der Waals surface area contributed by atoms with Gasteiger partial charge in [0.25, 0.3) is 5.91 Å². The molecule has 144 valence electrons. The fourth-order valence-corrected chi connectivity index (χ4v) is 2.59. The van der Waals surface area contributed by atoms with Gasteiger partial charge in [-0.05, 0) is 36.4 Å². The lowest BCUT2D eigenvalue weighted by atomic mass is 10.2. The third-order valence-corrected chi connectivity index (χ3v) is 4.34. The second kappa shape index (κ2) is 9.20. The minimum Gasteiger partial charge on any atom is -0.423 e. The van der Waals surface area contributed by atoms with E-state index in [2.05, 4.69) is 26.1 Å². The second-order valence-corrected chi connectivity index (χ2v) is 6.40. The summed E-state index contributed by atoms with van der Waals surface area (Å²) in [4.78, 5) is 24.0. The molecule has 0 fully saturated rings. The van der Waals surface area contributed by atoms with Gasteiger partial charge in [0.05, 0.1) is 10.0 Å². The van der Waals surface area contributed by atoms with Crippen LogP contribution in [0.3, 0.4) is 0 Å². The number of carbonyl (C=O) groups excluding carboxylic acids is 2. The predicted octanol–water partition coefficient (Wildman–Crippen LogP) is 3.59. The van der Waals surface area contributed by atoms with Crippen LogP contribution in [-0.2, 0) is 0 Å². The fourth-order valence-electron chi connectivity index (χ4n) is 2.30. The van der Waals surface area contributed by atoms with E-state index in [-0.39, 0.29) is 19.0 Å². The molecule has 0 aliphatic rings. The van der Waals surface area contributed by atoms with E-state index in [1.807, 2.05) is 0 Å². The van der Waals surface area contributed by atoms with E-state index in [0.29, 0.717) is 32.8 Å². The van der Waals surface area contributed by atoms with E-state index in [1.165, 1.54) is 12.5 Å². The molecular weight excluding hydrogens is 405 g/mol. The van der Waals surface area contributed by atoms with Crippen molar-refractivity contribution in [3.05, 3.63) is 64.5 Å². The summed E-state index contributed by atoms with van der Waals surface area (Å²) in [7, 11) is 0. The molecule has 3 rings (SSSR count). The lowest BCUT2D eigenvalue weighted by molar-refractivity contribution is 0.0954. The van der Waals surface area contributed by atoms with Crippen LogP contribution >= 0.6 is 23.2 Å². The van der Waals surface area contributed by atoms with Crippen LogP contribution in [0.15, 0.2) is 53.3 Å². The smallest absolute Gasteiger partial charge is 0.319 e. The molecule has 0 saturated carbocycles. The van der Waals surface area contributed by atoms with Gasteiger partial charge in [0.1, 0.15) is 0 Å². The standard InChI is InChI=1S/C18H15Cl2N5O3/c19-14-5-4-11(9-15(14)20)16(26)21-6-7-22-18(27)24-13-3-1-2-12(8-13)17-25-23-10-28-17/h1-5,8-10H,6-7H2,(H,21,26)(H2,22,24,27). The number of nitrogens with one attached hydrogen (secondary N) is 3. The Balaban J connectivity index is 1.44. The number of halogens is 2. The van der Waals surface area contributed by atoms with Gasteiger partial charge in [-0.25, -0.2) is 4.79 Å². The highest BCUT2D eigenvalue weighted by atomic mass is 35.5. The number of nitrogens with zero attached hydrogens (tertiary/aromatic N) is 2. The monoisotopic (exact) mass is 419 g/mol. The van der Waals surface area contributed by atoms with Crippen LogP contribution in [0, 0.1) is 0 Å². The van der Waals surface area contributed by atoms with E-state index in [9.17, 15) is 9.59 Å². The van der Waals surface area contributed by atoms with Gasteiger partial charge in [0.2, 0.25) is 12.3 Å². The van der Waals surface area contributed by atoms with Crippen LogP contribution in [-0.4, -0.2) is 35.2 Å². The van der Waals surface area contributed by atoms with E-state index >= 15 is 0 Å². The van der Waals surface area contributed by atoms with E-state index in [1.54, 1.807) is 36.4 Å². The number of benzene rings is 2. The van der Waals surface area contributed by atoms with Crippen molar-refractivity contribution in [2.75, 3.05) is 18.4 Å². The second-order valence-electron chi connectivity index (χ2n) is 5.59. The summed E-state index contributed by atoms with van der Waals surface area (Å²) < 4.78 is 5.13. The highest BCUT2D eigenvalue weighted by Crippen LogP contribution is 2.22. The van der Waals surface area contributed by atoms with Crippen molar-refractivity contribution in [2.45, 2.75) is 0 Å². The summed E-state index contributed by atoms with van der Waals surface area (Å²) in [5.74, 6) is 0.0436. The van der Waals surface area contributed by atoms with Gasteiger partial charge >= 0.3 is 6.03 Å². The zero-order valence-corrected chi connectivity index (χ0v) is 15.9. The molecule has 3 N–H and O–H groups in total. The van der Waals surface area contributed by atoms with Crippen molar-refractivity contribution in [2.24, 2.45) is 0 Å². The summed E-state index contributed by atoms with van der Waals surface area (Å²) in [5, 5.41) is 16.1. The maximum Gasteiger partial charge on any atom is 0.319 e. The van der Waals surface area contributed by atoms with Gasteiger partial charge in [-0.3, -0.25) is 4.79 Å². The highest BCUT2D eigenvalue weighted by molar-refractivity contribution is 6.42. The Hall–Kier alpha value is -3.10. The van der Waals surface area contributed by atoms with Gasteiger partial charge in [-0.15, -0.1) is 10.2 Å². The minimum absolute atomic E-state index is 0.238. The number of carbonyl (C=O) groups is 2. The normalized spacial score (nSPS) is 10.4. The molecule has 10 heteroatoms. The van der Waals surface area contributed by atoms with Crippen LogP contribution in [0.2, 0.25) is 10.0 Å². The quantitative estimate of drug-likeness (QED) is 0.528. The summed E-state index contributed by atoms with van der Waals surface area (Å²) >= 11 is 11.7. The molecule has 0 unspecified atom stereocenters. The SMILES string of the molecule is O=C(NCCNC(=O)c1ccc(Cl)c(Cl)c1)Nc1cccc(-c2nnco2)c1. The van der Waals surface area contributed by atoms with Gasteiger partial charge < -0.3 is 20.4 Å². The Morgan fingerprint density at radius 2 is 1.82 bits per heavy atom. The van der Waals surface area contributed by atoms with Crippen LogP contribution in [0.5, 0.6) is 0 Å². The maximum absolute atomic E-state index is 12.0. The van der Waals surface area contributed by atoms with E-state index in [4.69, 9.17) is 27.6 Å². The predicted molar refractivity (Wildman–Crippen MR) is 106 cm³/mol. The molecule has 0 bridgehead atoms. The number of amides is 3. The van der Waals surface area contributed by atoms with Crippen molar-refractivity contribution in [3.63, 3.8) is 0 Å². The minimum atomic E-state index is -0.411. The number of aromatic nitrogens is 2. The molecule has 3 amide bonds. The first-order valence-corrected chi connectivity index (χ1v) is 8.93. The molecule has 1 heterocycles. The lowest BCUT2D eigenvalue weighted by Gasteiger charge is -2.09. The van der Waals surface area contributed by atoms with E-state index in [0.717, 1.165) is 0 Å². The first-order chi connectivity index (χ1) is 13.5. The molecule has 8 nitrogen and oxygen atoms in total. The van der Waals surface area contributed by atoms with Crippen molar-refractivity contribution in [1.82, 2.24) is 20.8 Å². The third-order valence-electron chi connectivity index (χ3n) is 3.61. The molecule has 1 aromatic heterocycles. The van der Waals surface area contributed by atoms with Gasteiger partial charge in [-0.2, -0.15) is 0 Å². The topological polar surface area (TPSA) is 109 Å². The number of hydrogen-bond acceptors (Lipinski definition) is 5. The molecule has 0 spiro atoms. The number of hydrogen-bond donors (Lipinski definition) is 3. The zero-order chi connectivity index (χ0) is 19.9. The summed E-state index contributed by atoms with van der Waals surface area (Å²) in [6, 6.07) is 11.2. The number of rotatable bonds is 6. The van der Waals surface area contributed by atoms with Crippen LogP contribution in [0.25, 0.3) is 11.5 Å². The lowest BCUT2D eigenvalue weighted by Crippen LogP contribution is -2.36.